The molecule has 4 amide bonds. The van der Waals surface area contributed by atoms with Gasteiger partial charge in [-0.1, -0.05) is 11.3 Å². The van der Waals surface area contributed by atoms with Gasteiger partial charge in [0.05, 0.1) is 17.6 Å². The van der Waals surface area contributed by atoms with Crippen molar-refractivity contribution in [1.82, 2.24) is 30.1 Å². The van der Waals surface area contributed by atoms with Gasteiger partial charge in [-0.05, 0) is 50.0 Å². The minimum Gasteiger partial charge on any atom is -0.369 e. The van der Waals surface area contributed by atoms with E-state index in [9.17, 15) is 19.2 Å². The second-order valence-electron chi connectivity index (χ2n) is 8.85. The number of hydrogen-bond donors (Lipinski definition) is 2. The molecule has 0 spiro atoms. The molecular formula is C22H25N7O4. The Hall–Kier alpha value is -3.60. The fraction of sp³-hybridized carbons (Fsp3) is 0.455. The van der Waals surface area contributed by atoms with Crippen molar-refractivity contribution in [3.8, 4) is 5.69 Å². The van der Waals surface area contributed by atoms with Crippen LogP contribution < -0.4 is 11.1 Å². The lowest BCUT2D eigenvalue weighted by molar-refractivity contribution is -0.137. The number of aromatic nitrogens is 3. The van der Waals surface area contributed by atoms with E-state index in [4.69, 9.17) is 5.73 Å². The Labute approximate surface area is 189 Å². The first-order chi connectivity index (χ1) is 15.9. The number of benzene rings is 1. The van der Waals surface area contributed by atoms with Crippen LogP contribution in [0.15, 0.2) is 24.4 Å². The van der Waals surface area contributed by atoms with E-state index < -0.39 is 11.9 Å². The van der Waals surface area contributed by atoms with Crippen LogP contribution in [0.3, 0.4) is 0 Å². The molecule has 3 aliphatic heterocycles. The van der Waals surface area contributed by atoms with Gasteiger partial charge in [-0.3, -0.25) is 29.4 Å². The van der Waals surface area contributed by atoms with E-state index in [0.717, 1.165) is 37.2 Å². The van der Waals surface area contributed by atoms with Gasteiger partial charge >= 0.3 is 0 Å². The van der Waals surface area contributed by atoms with Crippen molar-refractivity contribution in [1.29, 1.82) is 0 Å². The number of nitrogens with zero attached hydrogens (tertiary/aromatic N) is 5. The number of fused-ring (bicyclic) bond motifs is 1. The van der Waals surface area contributed by atoms with Gasteiger partial charge in [-0.25, -0.2) is 4.68 Å². The molecule has 1 atom stereocenters. The fourth-order valence-electron chi connectivity index (χ4n) is 4.79. The quantitative estimate of drug-likeness (QED) is 0.595. The van der Waals surface area contributed by atoms with Crippen LogP contribution in [0.25, 0.3) is 5.69 Å². The Morgan fingerprint density at radius 2 is 1.94 bits per heavy atom. The summed E-state index contributed by atoms with van der Waals surface area (Å²) in [5.74, 6) is -1.24. The van der Waals surface area contributed by atoms with Gasteiger partial charge in [-0.2, -0.15) is 0 Å². The highest BCUT2D eigenvalue weighted by atomic mass is 16.2. The third-order valence-electron chi connectivity index (χ3n) is 6.69. The molecule has 2 fully saturated rings. The molecule has 11 heteroatoms. The fourth-order valence-corrected chi connectivity index (χ4v) is 4.79. The third-order valence-corrected chi connectivity index (χ3v) is 6.69. The van der Waals surface area contributed by atoms with Crippen molar-refractivity contribution in [2.24, 2.45) is 11.7 Å². The Kier molecular flexibility index (Phi) is 5.41. The highest BCUT2D eigenvalue weighted by Gasteiger charge is 2.39. The minimum absolute atomic E-state index is 0.0550. The molecule has 1 aromatic heterocycles. The number of primary amides is 1. The van der Waals surface area contributed by atoms with Crippen LogP contribution in [0.2, 0.25) is 0 Å². The van der Waals surface area contributed by atoms with Crippen molar-refractivity contribution in [2.75, 3.05) is 13.1 Å². The average molecular weight is 451 g/mol. The van der Waals surface area contributed by atoms with Crippen molar-refractivity contribution < 1.29 is 19.2 Å². The van der Waals surface area contributed by atoms with E-state index in [0.29, 0.717) is 30.8 Å². The third kappa shape index (κ3) is 4.11. The molecule has 0 radical (unpaired) electrons. The molecule has 11 nitrogen and oxygen atoms in total. The van der Waals surface area contributed by atoms with Crippen molar-refractivity contribution in [3.63, 3.8) is 0 Å². The smallest absolute Gasteiger partial charge is 0.255 e. The summed E-state index contributed by atoms with van der Waals surface area (Å²) in [5, 5.41) is 10.8. The van der Waals surface area contributed by atoms with Crippen LogP contribution in [0.1, 0.15) is 47.3 Å². The summed E-state index contributed by atoms with van der Waals surface area (Å²) in [7, 11) is 0. The lowest BCUT2D eigenvalue weighted by Gasteiger charge is -2.29. The zero-order valence-corrected chi connectivity index (χ0v) is 18.1. The zero-order chi connectivity index (χ0) is 23.1. The predicted octanol–water partition coefficient (Wildman–Crippen LogP) is -0.274. The average Bonchev–Trinajstić information content (AvgIpc) is 3.39. The van der Waals surface area contributed by atoms with Crippen LogP contribution in [-0.4, -0.2) is 67.6 Å². The second kappa shape index (κ2) is 8.39. The first kappa shape index (κ1) is 21.3. The lowest BCUT2D eigenvalue weighted by Crippen LogP contribution is -2.52. The molecule has 33 heavy (non-hydrogen) atoms. The summed E-state index contributed by atoms with van der Waals surface area (Å²) in [6, 6.07) is 4.87. The summed E-state index contributed by atoms with van der Waals surface area (Å²) in [4.78, 5) is 51.8. The van der Waals surface area contributed by atoms with Crippen LogP contribution in [0.4, 0.5) is 0 Å². The second-order valence-corrected chi connectivity index (χ2v) is 8.85. The van der Waals surface area contributed by atoms with Gasteiger partial charge in [0, 0.05) is 31.0 Å². The molecule has 172 valence electrons. The molecule has 3 aliphatic rings. The number of carbonyl (C=O) groups excluding carboxylic acids is 4. The van der Waals surface area contributed by atoms with Crippen molar-refractivity contribution in [2.45, 2.75) is 44.8 Å². The largest absolute Gasteiger partial charge is 0.369 e. The topological polar surface area (TPSA) is 144 Å². The number of likely N-dealkylation sites (tertiary alicyclic amines) is 1. The maximum Gasteiger partial charge on any atom is 0.255 e. The van der Waals surface area contributed by atoms with E-state index in [-0.39, 0.29) is 30.1 Å². The van der Waals surface area contributed by atoms with Crippen LogP contribution in [0, 0.1) is 5.92 Å². The Morgan fingerprint density at radius 3 is 2.67 bits per heavy atom. The maximum absolute atomic E-state index is 13.0. The van der Waals surface area contributed by atoms with Gasteiger partial charge in [0.25, 0.3) is 5.91 Å². The van der Waals surface area contributed by atoms with E-state index in [1.165, 1.54) is 4.90 Å². The number of hydrogen-bond acceptors (Lipinski definition) is 7. The lowest BCUT2D eigenvalue weighted by atomic mass is 9.96. The molecule has 2 aromatic rings. The van der Waals surface area contributed by atoms with Gasteiger partial charge in [0.2, 0.25) is 17.7 Å². The molecule has 1 aromatic carbocycles. The Morgan fingerprint density at radius 1 is 1.15 bits per heavy atom. The SMILES string of the molecule is NC(=O)C1CCN(Cc2cn(-c3ccc4c(c3)C(=O)N(C3CCC(=O)NC3=O)C4)nn2)CC1. The standard InChI is InChI=1S/C22H25N7O4/c23-20(31)13-5-7-27(8-6-13)11-15-12-29(26-25-15)16-2-1-14-10-28(22(33)17(14)9-16)18-3-4-19(30)24-21(18)32/h1-2,9,12-13,18H,3-8,10-11H2,(H2,23,31)(H,24,30,32). The number of rotatable bonds is 5. The molecule has 0 aliphatic carbocycles. The van der Waals surface area contributed by atoms with Gasteiger partial charge in [-0.15, -0.1) is 5.10 Å². The van der Waals surface area contributed by atoms with Crippen molar-refractivity contribution in [3.05, 3.63) is 41.2 Å². The van der Waals surface area contributed by atoms with Crippen LogP contribution in [-0.2, 0) is 27.5 Å². The molecule has 5 rings (SSSR count). The molecule has 3 N–H and O–H groups in total. The maximum atomic E-state index is 13.0. The highest BCUT2D eigenvalue weighted by Crippen LogP contribution is 2.29. The summed E-state index contributed by atoms with van der Waals surface area (Å²) in [6.07, 6.45) is 3.89. The number of nitrogens with two attached hydrogens (primary N) is 1. The van der Waals surface area contributed by atoms with Crippen LogP contribution >= 0.6 is 0 Å². The van der Waals surface area contributed by atoms with E-state index in [2.05, 4.69) is 20.5 Å². The van der Waals surface area contributed by atoms with E-state index >= 15 is 0 Å². The number of carbonyl (C=O) groups is 4. The zero-order valence-electron chi connectivity index (χ0n) is 18.1. The summed E-state index contributed by atoms with van der Waals surface area (Å²) >= 11 is 0. The summed E-state index contributed by atoms with van der Waals surface area (Å²) < 4.78 is 1.63. The minimum atomic E-state index is -0.636. The first-order valence-electron chi connectivity index (χ1n) is 11.1. The molecule has 0 saturated carbocycles. The van der Waals surface area contributed by atoms with Gasteiger partial charge in [0.15, 0.2) is 0 Å². The number of piperidine rings is 2. The Balaban J connectivity index is 1.27. The molecular weight excluding hydrogens is 426 g/mol. The number of amides is 4. The number of imide groups is 1. The highest BCUT2D eigenvalue weighted by molar-refractivity contribution is 6.05. The number of nitrogens with one attached hydrogen (secondary N) is 1. The Bertz CT molecular complexity index is 1140. The monoisotopic (exact) mass is 451 g/mol. The van der Waals surface area contributed by atoms with Gasteiger partial charge < -0.3 is 10.6 Å². The first-order valence-corrected chi connectivity index (χ1v) is 11.1. The van der Waals surface area contributed by atoms with E-state index in [1.54, 1.807) is 10.7 Å². The predicted molar refractivity (Wildman–Crippen MR) is 115 cm³/mol. The molecule has 2 saturated heterocycles. The summed E-state index contributed by atoms with van der Waals surface area (Å²) in [6.45, 7) is 2.53. The van der Waals surface area contributed by atoms with Crippen LogP contribution in [0.5, 0.6) is 0 Å². The normalized spacial score (nSPS) is 21.9. The molecule has 0 bridgehead atoms. The van der Waals surface area contributed by atoms with Gasteiger partial charge in [0.1, 0.15) is 6.04 Å². The van der Waals surface area contributed by atoms with E-state index in [1.807, 2.05) is 18.3 Å². The summed E-state index contributed by atoms with van der Waals surface area (Å²) in [5.41, 5.74) is 8.27. The molecule has 1 unspecified atom stereocenters. The van der Waals surface area contributed by atoms with Crippen molar-refractivity contribution >= 4 is 23.6 Å². The molecule has 4 heterocycles.